The number of nitrogens with zero attached hydrogens (tertiary/aromatic N) is 1. The number of benzene rings is 1. The zero-order valence-electron chi connectivity index (χ0n) is 12.6. The van der Waals surface area contributed by atoms with Gasteiger partial charge in [-0.2, -0.15) is 0 Å². The minimum atomic E-state index is 0.0735. The van der Waals surface area contributed by atoms with Crippen LogP contribution in [0.4, 0.5) is 0 Å². The topological polar surface area (TPSA) is 21.7 Å². The van der Waals surface area contributed by atoms with Crippen molar-refractivity contribution in [1.29, 1.82) is 0 Å². The molecule has 3 heteroatoms. The van der Waals surface area contributed by atoms with Crippen LogP contribution < -0.4 is 9.47 Å². The quantitative estimate of drug-likeness (QED) is 0.791. The molecule has 0 N–H and O–H groups in total. The lowest BCUT2D eigenvalue weighted by atomic mass is 9.71. The summed E-state index contributed by atoms with van der Waals surface area (Å²) in [5, 5.41) is 0. The van der Waals surface area contributed by atoms with Gasteiger partial charge in [0.05, 0.1) is 0 Å². The Morgan fingerprint density at radius 3 is 2.86 bits per heavy atom. The Labute approximate surface area is 125 Å². The van der Waals surface area contributed by atoms with Crippen molar-refractivity contribution >= 4 is 0 Å². The lowest BCUT2D eigenvalue weighted by Gasteiger charge is -2.37. The van der Waals surface area contributed by atoms with E-state index < -0.39 is 0 Å². The van der Waals surface area contributed by atoms with Gasteiger partial charge >= 0.3 is 0 Å². The van der Waals surface area contributed by atoms with Gasteiger partial charge in [-0.1, -0.05) is 29.9 Å². The Hall–Kier alpha value is -1.74. The molecule has 0 saturated carbocycles. The number of ether oxygens (including phenoxy) is 2. The van der Waals surface area contributed by atoms with Gasteiger partial charge in [0.2, 0.25) is 0 Å². The van der Waals surface area contributed by atoms with E-state index in [0.717, 1.165) is 24.5 Å². The molecule has 21 heavy (non-hydrogen) atoms. The predicted octanol–water partition coefficient (Wildman–Crippen LogP) is 2.92. The van der Waals surface area contributed by atoms with E-state index in [1.807, 2.05) is 0 Å². The molecule has 2 aliphatic heterocycles. The first kappa shape index (κ1) is 13.0. The number of fused-ring (bicyclic) bond motifs is 2. The molecule has 1 aromatic rings. The van der Waals surface area contributed by atoms with E-state index in [1.165, 1.54) is 11.1 Å². The molecule has 1 aliphatic carbocycles. The minimum absolute atomic E-state index is 0.0735. The number of likely N-dealkylation sites (N-methyl/N-ethyl adjacent to an activating group) is 1. The smallest absolute Gasteiger partial charge is 0.161 e. The van der Waals surface area contributed by atoms with Gasteiger partial charge in [0.1, 0.15) is 13.2 Å². The standard InChI is InChI=1S/C18H21NO2/c1-13-5-6-18(7-8-19(2)17(18)11-13)14-3-4-15-16(12-14)21-10-9-20-15/h3-6,11-12,17H,7-10H2,1-2H3/t17-,18-/m0/s1. The van der Waals surface area contributed by atoms with Crippen molar-refractivity contribution in [2.45, 2.75) is 24.8 Å². The maximum Gasteiger partial charge on any atom is 0.161 e. The fourth-order valence-corrected chi connectivity index (χ4v) is 3.83. The van der Waals surface area contributed by atoms with Crippen molar-refractivity contribution in [1.82, 2.24) is 4.90 Å². The lowest BCUT2D eigenvalue weighted by molar-refractivity contribution is 0.171. The first-order chi connectivity index (χ1) is 10.2. The third kappa shape index (κ3) is 1.91. The molecule has 1 fully saturated rings. The number of hydrogen-bond donors (Lipinski definition) is 0. The highest BCUT2D eigenvalue weighted by Gasteiger charge is 2.45. The van der Waals surface area contributed by atoms with Gasteiger partial charge in [-0.05, 0) is 44.6 Å². The van der Waals surface area contributed by atoms with Crippen LogP contribution in [-0.2, 0) is 5.41 Å². The molecule has 2 heterocycles. The summed E-state index contributed by atoms with van der Waals surface area (Å²) in [6.07, 6.45) is 8.19. The SMILES string of the molecule is CC1=C[C@@H]2N(C)CC[C@]2(c2ccc3c(c2)OCCO3)C=C1. The monoisotopic (exact) mass is 283 g/mol. The van der Waals surface area contributed by atoms with Gasteiger partial charge in [0.25, 0.3) is 0 Å². The average molecular weight is 283 g/mol. The van der Waals surface area contributed by atoms with Crippen LogP contribution >= 0.6 is 0 Å². The molecule has 0 aromatic heterocycles. The molecule has 3 aliphatic rings. The number of rotatable bonds is 1. The van der Waals surface area contributed by atoms with Gasteiger partial charge < -0.3 is 9.47 Å². The van der Waals surface area contributed by atoms with E-state index >= 15 is 0 Å². The first-order valence-electron chi connectivity index (χ1n) is 7.67. The highest BCUT2D eigenvalue weighted by atomic mass is 16.6. The van der Waals surface area contributed by atoms with Gasteiger partial charge in [0, 0.05) is 11.5 Å². The molecule has 0 amide bonds. The largest absolute Gasteiger partial charge is 0.486 e. The second-order valence-electron chi connectivity index (χ2n) is 6.32. The molecule has 4 rings (SSSR count). The Morgan fingerprint density at radius 2 is 2.00 bits per heavy atom. The van der Waals surface area contributed by atoms with E-state index in [2.05, 4.69) is 55.3 Å². The molecule has 1 saturated heterocycles. The molecule has 0 bridgehead atoms. The number of likely N-dealkylation sites (tertiary alicyclic amines) is 1. The van der Waals surface area contributed by atoms with Crippen molar-refractivity contribution in [3.05, 3.63) is 47.6 Å². The lowest BCUT2D eigenvalue weighted by Crippen LogP contribution is -2.40. The summed E-state index contributed by atoms with van der Waals surface area (Å²) in [5.41, 5.74) is 2.76. The maximum absolute atomic E-state index is 5.77. The third-order valence-corrected chi connectivity index (χ3v) is 5.02. The van der Waals surface area contributed by atoms with Crippen LogP contribution in [0.15, 0.2) is 42.0 Å². The van der Waals surface area contributed by atoms with Crippen molar-refractivity contribution in [2.75, 3.05) is 26.8 Å². The summed E-state index contributed by atoms with van der Waals surface area (Å²) in [4.78, 5) is 2.45. The van der Waals surface area contributed by atoms with E-state index in [-0.39, 0.29) is 5.41 Å². The van der Waals surface area contributed by atoms with Crippen LogP contribution in [0.5, 0.6) is 11.5 Å². The van der Waals surface area contributed by atoms with E-state index in [1.54, 1.807) is 0 Å². The fourth-order valence-electron chi connectivity index (χ4n) is 3.83. The Balaban J connectivity index is 1.80. The summed E-state index contributed by atoms with van der Waals surface area (Å²) in [5.74, 6) is 1.76. The molecular weight excluding hydrogens is 262 g/mol. The van der Waals surface area contributed by atoms with Crippen LogP contribution in [-0.4, -0.2) is 37.7 Å². The minimum Gasteiger partial charge on any atom is -0.486 e. The normalized spacial score (nSPS) is 31.0. The van der Waals surface area contributed by atoms with Crippen molar-refractivity contribution in [3.63, 3.8) is 0 Å². The second-order valence-corrected chi connectivity index (χ2v) is 6.32. The maximum atomic E-state index is 5.77. The molecule has 2 atom stereocenters. The second kappa shape index (κ2) is 4.63. The third-order valence-electron chi connectivity index (χ3n) is 5.02. The van der Waals surface area contributed by atoms with Crippen LogP contribution in [0.25, 0.3) is 0 Å². The number of hydrogen-bond acceptors (Lipinski definition) is 3. The molecule has 1 aromatic carbocycles. The van der Waals surface area contributed by atoms with E-state index in [9.17, 15) is 0 Å². The first-order valence-corrected chi connectivity index (χ1v) is 7.67. The predicted molar refractivity (Wildman–Crippen MR) is 83.0 cm³/mol. The van der Waals surface area contributed by atoms with Crippen LogP contribution in [0.2, 0.25) is 0 Å². The Kier molecular flexibility index (Phi) is 2.86. The van der Waals surface area contributed by atoms with Gasteiger partial charge in [-0.15, -0.1) is 0 Å². The van der Waals surface area contributed by atoms with Crippen molar-refractivity contribution < 1.29 is 9.47 Å². The van der Waals surface area contributed by atoms with E-state index in [0.29, 0.717) is 19.3 Å². The number of allylic oxidation sites excluding steroid dienone is 2. The highest BCUT2D eigenvalue weighted by molar-refractivity contribution is 5.51. The summed E-state index contributed by atoms with van der Waals surface area (Å²) >= 11 is 0. The summed E-state index contributed by atoms with van der Waals surface area (Å²) in [6, 6.07) is 6.88. The van der Waals surface area contributed by atoms with E-state index in [4.69, 9.17) is 9.47 Å². The zero-order chi connectivity index (χ0) is 14.4. The van der Waals surface area contributed by atoms with Gasteiger partial charge in [-0.3, -0.25) is 4.90 Å². The molecular formula is C18H21NO2. The van der Waals surface area contributed by atoms with Gasteiger partial charge in [-0.25, -0.2) is 0 Å². The molecule has 0 unspecified atom stereocenters. The molecule has 0 radical (unpaired) electrons. The fraction of sp³-hybridized carbons (Fsp3) is 0.444. The van der Waals surface area contributed by atoms with Crippen LogP contribution in [0.3, 0.4) is 0 Å². The van der Waals surface area contributed by atoms with Crippen LogP contribution in [0.1, 0.15) is 18.9 Å². The van der Waals surface area contributed by atoms with Crippen molar-refractivity contribution in [2.24, 2.45) is 0 Å². The summed E-state index contributed by atoms with van der Waals surface area (Å²) in [6.45, 7) is 4.58. The molecule has 110 valence electrons. The molecule has 3 nitrogen and oxygen atoms in total. The Morgan fingerprint density at radius 1 is 1.19 bits per heavy atom. The van der Waals surface area contributed by atoms with Crippen molar-refractivity contribution in [3.8, 4) is 11.5 Å². The van der Waals surface area contributed by atoms with Gasteiger partial charge in [0.15, 0.2) is 11.5 Å². The average Bonchev–Trinajstić information content (AvgIpc) is 2.85. The highest BCUT2D eigenvalue weighted by Crippen LogP contribution is 2.46. The Bertz CT molecular complexity index is 634. The van der Waals surface area contributed by atoms with Crippen LogP contribution in [0, 0.1) is 0 Å². The zero-order valence-corrected chi connectivity index (χ0v) is 12.6. The summed E-state index contributed by atoms with van der Waals surface area (Å²) < 4.78 is 11.4. The molecule has 0 spiro atoms. The summed E-state index contributed by atoms with van der Waals surface area (Å²) in [7, 11) is 2.22.